The number of aromatic nitrogens is 1. The average Bonchev–Trinajstić information content (AvgIpc) is 3.35. The summed E-state index contributed by atoms with van der Waals surface area (Å²) in [7, 11) is 2.24. The first kappa shape index (κ1) is 21.9. The summed E-state index contributed by atoms with van der Waals surface area (Å²) >= 11 is 0. The molecule has 1 aromatic heterocycles. The summed E-state index contributed by atoms with van der Waals surface area (Å²) < 4.78 is 7.25. The van der Waals surface area contributed by atoms with Gasteiger partial charge in [0.1, 0.15) is 11.8 Å². The molecular formula is C30H34N2O. The molecule has 0 unspecified atom stereocenters. The molecule has 1 aliphatic heterocycles. The van der Waals surface area contributed by atoms with Crippen LogP contribution in [0.25, 0.3) is 10.9 Å². The summed E-state index contributed by atoms with van der Waals surface area (Å²) in [6.07, 6.45) is 3.10. The lowest BCUT2D eigenvalue weighted by molar-refractivity contribution is -0.0613. The fourth-order valence-corrected chi connectivity index (χ4v) is 5.83. The minimum absolute atomic E-state index is 0.0272. The Morgan fingerprint density at radius 3 is 2.06 bits per heavy atom. The molecule has 4 aromatic rings. The van der Waals surface area contributed by atoms with Crippen LogP contribution in [0.1, 0.15) is 41.7 Å². The highest BCUT2D eigenvalue weighted by molar-refractivity contribution is 5.83. The minimum Gasteiger partial charge on any atom is -0.361 e. The molecule has 2 heterocycles. The minimum atomic E-state index is -0.557. The lowest BCUT2D eigenvalue weighted by Crippen LogP contribution is -2.45. The van der Waals surface area contributed by atoms with E-state index in [1.54, 1.807) is 0 Å². The van der Waals surface area contributed by atoms with Gasteiger partial charge in [-0.1, -0.05) is 80.6 Å². The zero-order chi connectivity index (χ0) is 23.2. The topological polar surface area (TPSA) is 28.3 Å². The Morgan fingerprint density at radius 2 is 1.45 bits per heavy atom. The van der Waals surface area contributed by atoms with Crippen molar-refractivity contribution in [2.75, 3.05) is 7.05 Å². The van der Waals surface area contributed by atoms with Crippen LogP contribution in [0.5, 0.6) is 0 Å². The van der Waals surface area contributed by atoms with Crippen LogP contribution in [0.3, 0.4) is 0 Å². The number of aryl methyl sites for hydroxylation is 2. The number of ether oxygens (including phenoxy) is 1. The van der Waals surface area contributed by atoms with Crippen molar-refractivity contribution in [1.82, 2.24) is 9.88 Å². The van der Waals surface area contributed by atoms with E-state index in [0.29, 0.717) is 5.92 Å². The van der Waals surface area contributed by atoms with Gasteiger partial charge in [0.2, 0.25) is 0 Å². The monoisotopic (exact) mass is 438 g/mol. The Labute approximate surface area is 197 Å². The molecule has 0 radical (unpaired) electrons. The van der Waals surface area contributed by atoms with Gasteiger partial charge in [0.25, 0.3) is 0 Å². The van der Waals surface area contributed by atoms with Crippen molar-refractivity contribution in [2.45, 2.75) is 52.0 Å². The van der Waals surface area contributed by atoms with Crippen molar-refractivity contribution in [1.29, 1.82) is 0 Å². The molecule has 0 saturated carbocycles. The van der Waals surface area contributed by atoms with E-state index >= 15 is 0 Å². The largest absolute Gasteiger partial charge is 0.361 e. The van der Waals surface area contributed by atoms with Crippen LogP contribution >= 0.6 is 0 Å². The quantitative estimate of drug-likeness (QED) is 0.381. The zero-order valence-electron chi connectivity index (χ0n) is 20.3. The molecule has 1 N–H and O–H groups in total. The maximum absolute atomic E-state index is 7.25. The van der Waals surface area contributed by atoms with E-state index in [2.05, 4.69) is 124 Å². The highest BCUT2D eigenvalue weighted by Gasteiger charge is 2.55. The highest BCUT2D eigenvalue weighted by atomic mass is 16.5. The lowest BCUT2D eigenvalue weighted by Gasteiger charge is -2.38. The molecule has 170 valence electrons. The summed E-state index contributed by atoms with van der Waals surface area (Å²) in [6.45, 7) is 8.94. The molecule has 0 amide bonds. The number of rotatable bonds is 5. The molecule has 0 bridgehead atoms. The second-order valence-corrected chi connectivity index (χ2v) is 9.86. The smallest absolute Gasteiger partial charge is 0.137 e. The van der Waals surface area contributed by atoms with Crippen molar-refractivity contribution in [2.24, 2.45) is 5.92 Å². The molecule has 3 aromatic carbocycles. The van der Waals surface area contributed by atoms with Crippen molar-refractivity contribution < 1.29 is 4.74 Å². The van der Waals surface area contributed by atoms with Crippen molar-refractivity contribution in [3.05, 3.63) is 107 Å². The van der Waals surface area contributed by atoms with Crippen molar-refractivity contribution >= 4 is 10.9 Å². The van der Waals surface area contributed by atoms with Crippen molar-refractivity contribution in [3.63, 3.8) is 0 Å². The van der Waals surface area contributed by atoms with Gasteiger partial charge < -0.3 is 9.72 Å². The Balaban J connectivity index is 1.76. The highest BCUT2D eigenvalue weighted by Crippen LogP contribution is 2.50. The third kappa shape index (κ3) is 3.51. The number of likely N-dealkylation sites (N-methyl/N-ethyl adjacent to an activating group) is 1. The first-order valence-corrected chi connectivity index (χ1v) is 12.0. The second kappa shape index (κ2) is 8.48. The number of fused-ring (bicyclic) bond motifs is 1. The fraction of sp³-hybridized carbons (Fsp3) is 0.333. The Morgan fingerprint density at radius 1 is 0.879 bits per heavy atom. The van der Waals surface area contributed by atoms with E-state index in [1.165, 1.54) is 38.7 Å². The van der Waals surface area contributed by atoms with Gasteiger partial charge in [0.05, 0.1) is 6.04 Å². The number of nitrogens with one attached hydrogen (secondary N) is 1. The van der Waals surface area contributed by atoms with Crippen LogP contribution in [-0.2, 0) is 16.8 Å². The van der Waals surface area contributed by atoms with Crippen LogP contribution in [0.15, 0.2) is 79.0 Å². The molecule has 3 nitrogen and oxygen atoms in total. The Hall–Kier alpha value is -2.88. The number of benzene rings is 3. The summed E-state index contributed by atoms with van der Waals surface area (Å²) in [6, 6.07) is 26.2. The zero-order valence-corrected chi connectivity index (χ0v) is 20.3. The van der Waals surface area contributed by atoms with Gasteiger partial charge in [-0.3, -0.25) is 4.90 Å². The summed E-state index contributed by atoms with van der Waals surface area (Å²) in [5.41, 5.74) is 7.02. The van der Waals surface area contributed by atoms with E-state index in [9.17, 15) is 0 Å². The third-order valence-electron chi connectivity index (χ3n) is 7.42. The predicted octanol–water partition coefficient (Wildman–Crippen LogP) is 6.58. The van der Waals surface area contributed by atoms with E-state index in [4.69, 9.17) is 4.74 Å². The number of H-pyrrole nitrogens is 1. The Bertz CT molecular complexity index is 1230. The van der Waals surface area contributed by atoms with Gasteiger partial charge >= 0.3 is 0 Å². The number of nitrogens with zero attached hydrogens (tertiary/aromatic N) is 1. The molecular weight excluding hydrogens is 404 g/mol. The Kier molecular flexibility index (Phi) is 5.64. The van der Waals surface area contributed by atoms with Crippen LogP contribution in [0.4, 0.5) is 0 Å². The molecule has 1 aliphatic rings. The maximum atomic E-state index is 7.25. The van der Waals surface area contributed by atoms with E-state index in [0.717, 1.165) is 6.42 Å². The van der Waals surface area contributed by atoms with Crippen LogP contribution in [0.2, 0.25) is 0 Å². The SMILES string of the molecule is Cc1ccccc1C1(c2ccccc2C)O[C@@H](C(C)C)N(C)[C@H]1Cc1c[nH]c2ccccc12. The van der Waals surface area contributed by atoms with E-state index < -0.39 is 5.60 Å². The van der Waals surface area contributed by atoms with Gasteiger partial charge in [-0.15, -0.1) is 0 Å². The molecule has 3 heteroatoms. The second-order valence-electron chi connectivity index (χ2n) is 9.86. The van der Waals surface area contributed by atoms with Crippen LogP contribution in [-0.4, -0.2) is 29.2 Å². The first-order valence-electron chi connectivity index (χ1n) is 12.0. The van der Waals surface area contributed by atoms with Crippen LogP contribution in [0, 0.1) is 19.8 Å². The standard InChI is InChI=1S/C30H34N2O/c1-20(2)29-32(5)28(18-23-19-31-27-17-11-8-14-24(23)27)30(33-29,25-15-9-6-12-21(25)3)26-16-10-7-13-22(26)4/h6-17,19-20,28-29,31H,18H2,1-5H3/t28-,29-/m0/s1. The molecule has 2 atom stereocenters. The average molecular weight is 439 g/mol. The molecule has 0 spiro atoms. The fourth-order valence-electron chi connectivity index (χ4n) is 5.83. The predicted molar refractivity (Wildman–Crippen MR) is 136 cm³/mol. The van der Waals surface area contributed by atoms with Crippen molar-refractivity contribution in [3.8, 4) is 0 Å². The molecule has 1 fully saturated rings. The number of aromatic amines is 1. The van der Waals surface area contributed by atoms with E-state index in [-0.39, 0.29) is 12.3 Å². The number of para-hydroxylation sites is 1. The molecule has 0 aliphatic carbocycles. The van der Waals surface area contributed by atoms with Gasteiger partial charge in [-0.25, -0.2) is 0 Å². The van der Waals surface area contributed by atoms with Crippen LogP contribution < -0.4 is 0 Å². The first-order chi connectivity index (χ1) is 15.9. The number of hydrogen-bond acceptors (Lipinski definition) is 2. The third-order valence-corrected chi connectivity index (χ3v) is 7.42. The molecule has 5 rings (SSSR count). The number of hydrogen-bond donors (Lipinski definition) is 1. The molecule has 1 saturated heterocycles. The summed E-state index contributed by atoms with van der Waals surface area (Å²) in [4.78, 5) is 5.96. The van der Waals surface area contributed by atoms with Gasteiger partial charge in [0.15, 0.2) is 0 Å². The summed E-state index contributed by atoms with van der Waals surface area (Å²) in [5.74, 6) is 0.371. The van der Waals surface area contributed by atoms with Gasteiger partial charge in [0, 0.05) is 17.1 Å². The van der Waals surface area contributed by atoms with Gasteiger partial charge in [-0.05, 0) is 67.1 Å². The lowest BCUT2D eigenvalue weighted by atomic mass is 9.75. The normalized spacial score (nSPS) is 20.7. The molecule has 33 heavy (non-hydrogen) atoms. The van der Waals surface area contributed by atoms with E-state index in [1.807, 2.05) is 0 Å². The summed E-state index contributed by atoms with van der Waals surface area (Å²) in [5, 5.41) is 1.29. The van der Waals surface area contributed by atoms with Gasteiger partial charge in [-0.2, -0.15) is 0 Å². The maximum Gasteiger partial charge on any atom is 0.137 e.